The molecule has 3 aromatic rings. The summed E-state index contributed by atoms with van der Waals surface area (Å²) >= 11 is 0. The molecule has 0 spiro atoms. The van der Waals surface area contributed by atoms with E-state index in [1.54, 1.807) is 12.4 Å². The molecule has 0 bridgehead atoms. The second kappa shape index (κ2) is 7.33. The van der Waals surface area contributed by atoms with Crippen molar-refractivity contribution in [2.75, 3.05) is 13.1 Å². The molecule has 0 saturated carbocycles. The zero-order valence-corrected chi connectivity index (χ0v) is 14.8. The van der Waals surface area contributed by atoms with Gasteiger partial charge in [0.2, 0.25) is 0 Å². The Morgan fingerprint density at radius 3 is 2.85 bits per heavy atom. The predicted octanol–water partition coefficient (Wildman–Crippen LogP) is 3.69. The second-order valence-corrected chi connectivity index (χ2v) is 6.89. The van der Waals surface area contributed by atoms with Gasteiger partial charge in [-0.25, -0.2) is 19.3 Å². The molecule has 1 fully saturated rings. The molecule has 0 amide bonds. The lowest BCUT2D eigenvalue weighted by molar-refractivity contribution is 0.196. The summed E-state index contributed by atoms with van der Waals surface area (Å²) in [5, 5.41) is 0. The van der Waals surface area contributed by atoms with Gasteiger partial charge in [-0.05, 0) is 50.1 Å². The summed E-state index contributed by atoms with van der Waals surface area (Å²) in [4.78, 5) is 19.3. The summed E-state index contributed by atoms with van der Waals surface area (Å²) in [5.41, 5.74) is 2.93. The number of aryl methyl sites for hydroxylation is 1. The van der Waals surface area contributed by atoms with Crippen molar-refractivity contribution >= 4 is 0 Å². The number of nitrogens with zero attached hydrogens (tertiary/aromatic N) is 4. The van der Waals surface area contributed by atoms with Crippen LogP contribution in [-0.2, 0) is 6.54 Å². The van der Waals surface area contributed by atoms with Gasteiger partial charge in [0, 0.05) is 37.1 Å². The van der Waals surface area contributed by atoms with Crippen molar-refractivity contribution in [2.24, 2.45) is 0 Å². The lowest BCUT2D eigenvalue weighted by Gasteiger charge is -2.32. The van der Waals surface area contributed by atoms with Crippen molar-refractivity contribution in [3.05, 3.63) is 65.6 Å². The minimum atomic E-state index is -0.191. The average molecular weight is 351 g/mol. The zero-order valence-electron chi connectivity index (χ0n) is 14.8. The number of hydrogen-bond donors (Lipinski definition) is 1. The molecule has 0 aliphatic carbocycles. The van der Waals surface area contributed by atoms with Gasteiger partial charge in [-0.3, -0.25) is 4.90 Å². The van der Waals surface area contributed by atoms with Gasteiger partial charge in [-0.15, -0.1) is 0 Å². The Morgan fingerprint density at radius 2 is 2.08 bits per heavy atom. The van der Waals surface area contributed by atoms with E-state index in [2.05, 4.69) is 14.9 Å². The number of H-pyrrole nitrogens is 1. The fraction of sp³-hybridized carbons (Fsp3) is 0.350. The van der Waals surface area contributed by atoms with E-state index in [9.17, 15) is 4.39 Å². The van der Waals surface area contributed by atoms with Crippen LogP contribution in [-0.4, -0.2) is 37.9 Å². The van der Waals surface area contributed by atoms with Gasteiger partial charge in [0.25, 0.3) is 0 Å². The van der Waals surface area contributed by atoms with Crippen LogP contribution in [0, 0.1) is 12.7 Å². The number of nitrogens with one attached hydrogen (secondary N) is 1. The van der Waals surface area contributed by atoms with Crippen LogP contribution in [0.3, 0.4) is 0 Å². The molecule has 2 aromatic heterocycles. The predicted molar refractivity (Wildman–Crippen MR) is 98.0 cm³/mol. The maximum Gasteiger partial charge on any atom is 0.156 e. The maximum atomic E-state index is 13.1. The molecule has 1 aliphatic heterocycles. The minimum Gasteiger partial charge on any atom is -0.343 e. The number of imidazole rings is 1. The van der Waals surface area contributed by atoms with Crippen LogP contribution in [0.5, 0.6) is 0 Å². The quantitative estimate of drug-likeness (QED) is 0.779. The smallest absolute Gasteiger partial charge is 0.156 e. The summed E-state index contributed by atoms with van der Waals surface area (Å²) in [6, 6.07) is 8.72. The van der Waals surface area contributed by atoms with Gasteiger partial charge in [0.05, 0.1) is 0 Å². The summed E-state index contributed by atoms with van der Waals surface area (Å²) in [6.45, 7) is 4.79. The SMILES string of the molecule is Cc1cc(-c2ncc[nH]2)nc([C@@H]2CCCN(Cc3ccc(F)cc3)C2)n1. The summed E-state index contributed by atoms with van der Waals surface area (Å²) in [5.74, 6) is 1.78. The molecule has 4 rings (SSSR count). The first-order valence-electron chi connectivity index (χ1n) is 8.99. The van der Waals surface area contributed by atoms with Crippen LogP contribution in [0.1, 0.15) is 35.8 Å². The van der Waals surface area contributed by atoms with Crippen LogP contribution in [0.15, 0.2) is 42.7 Å². The zero-order chi connectivity index (χ0) is 17.9. The highest BCUT2D eigenvalue weighted by Crippen LogP contribution is 2.27. The van der Waals surface area contributed by atoms with E-state index >= 15 is 0 Å². The van der Waals surface area contributed by atoms with Crippen LogP contribution in [0.2, 0.25) is 0 Å². The first-order valence-corrected chi connectivity index (χ1v) is 8.99. The first-order chi connectivity index (χ1) is 12.7. The monoisotopic (exact) mass is 351 g/mol. The number of piperidine rings is 1. The van der Waals surface area contributed by atoms with Gasteiger partial charge in [0.15, 0.2) is 5.82 Å². The van der Waals surface area contributed by atoms with Crippen molar-refractivity contribution in [1.29, 1.82) is 0 Å². The molecule has 1 atom stereocenters. The highest BCUT2D eigenvalue weighted by molar-refractivity contribution is 5.49. The molecule has 1 N–H and O–H groups in total. The molecule has 1 saturated heterocycles. The highest BCUT2D eigenvalue weighted by atomic mass is 19.1. The molecule has 0 unspecified atom stereocenters. The summed E-state index contributed by atoms with van der Waals surface area (Å²) < 4.78 is 13.1. The third kappa shape index (κ3) is 3.80. The third-order valence-corrected chi connectivity index (χ3v) is 4.80. The minimum absolute atomic E-state index is 0.191. The number of hydrogen-bond acceptors (Lipinski definition) is 4. The van der Waals surface area contributed by atoms with Crippen LogP contribution < -0.4 is 0 Å². The highest BCUT2D eigenvalue weighted by Gasteiger charge is 2.24. The van der Waals surface area contributed by atoms with E-state index in [1.165, 1.54) is 12.1 Å². The summed E-state index contributed by atoms with van der Waals surface area (Å²) in [7, 11) is 0. The third-order valence-electron chi connectivity index (χ3n) is 4.80. The Balaban J connectivity index is 1.51. The number of rotatable bonds is 4. The second-order valence-electron chi connectivity index (χ2n) is 6.89. The molecular formula is C20H22FN5. The van der Waals surface area contributed by atoms with Crippen LogP contribution in [0.25, 0.3) is 11.5 Å². The van der Waals surface area contributed by atoms with Crippen molar-refractivity contribution in [3.63, 3.8) is 0 Å². The Bertz CT molecular complexity index is 860. The van der Waals surface area contributed by atoms with Crippen molar-refractivity contribution in [2.45, 2.75) is 32.2 Å². The van der Waals surface area contributed by atoms with Gasteiger partial charge in [-0.1, -0.05) is 12.1 Å². The Kier molecular flexibility index (Phi) is 4.75. The van der Waals surface area contributed by atoms with Gasteiger partial charge < -0.3 is 4.98 Å². The number of halogens is 1. The lowest BCUT2D eigenvalue weighted by atomic mass is 9.96. The first kappa shape index (κ1) is 16.8. The number of likely N-dealkylation sites (tertiary alicyclic amines) is 1. The van der Waals surface area contributed by atoms with Crippen molar-refractivity contribution in [1.82, 2.24) is 24.8 Å². The maximum absolute atomic E-state index is 13.1. The van der Waals surface area contributed by atoms with E-state index in [-0.39, 0.29) is 5.82 Å². The number of aromatic nitrogens is 4. The molecule has 134 valence electrons. The normalized spacial score (nSPS) is 18.2. The average Bonchev–Trinajstić information content (AvgIpc) is 3.18. The van der Waals surface area contributed by atoms with Crippen molar-refractivity contribution in [3.8, 4) is 11.5 Å². The molecule has 1 aliphatic rings. The van der Waals surface area contributed by atoms with Crippen molar-refractivity contribution < 1.29 is 4.39 Å². The van der Waals surface area contributed by atoms with E-state index < -0.39 is 0 Å². The molecule has 26 heavy (non-hydrogen) atoms. The molecule has 6 heteroatoms. The van der Waals surface area contributed by atoms with E-state index in [0.717, 1.165) is 61.1 Å². The molecule has 5 nitrogen and oxygen atoms in total. The van der Waals surface area contributed by atoms with Gasteiger partial charge >= 0.3 is 0 Å². The Hall–Kier alpha value is -2.60. The van der Waals surface area contributed by atoms with E-state index in [0.29, 0.717) is 5.92 Å². The topological polar surface area (TPSA) is 57.7 Å². The summed E-state index contributed by atoms with van der Waals surface area (Å²) in [6.07, 6.45) is 5.73. The molecule has 0 radical (unpaired) electrons. The number of benzene rings is 1. The molecular weight excluding hydrogens is 329 g/mol. The Labute approximate surface area is 152 Å². The van der Waals surface area contributed by atoms with Gasteiger partial charge in [0.1, 0.15) is 17.3 Å². The largest absolute Gasteiger partial charge is 0.343 e. The van der Waals surface area contributed by atoms with E-state index in [1.807, 2.05) is 25.1 Å². The fourth-order valence-electron chi connectivity index (χ4n) is 3.56. The standard InChI is InChI=1S/C20H22FN5/c1-14-11-18(20-22-8-9-23-20)25-19(24-14)16-3-2-10-26(13-16)12-15-4-6-17(21)7-5-15/h4-9,11,16H,2-3,10,12-13H2,1H3,(H,22,23)/t16-/m1/s1. The van der Waals surface area contributed by atoms with E-state index in [4.69, 9.17) is 9.97 Å². The lowest BCUT2D eigenvalue weighted by Crippen LogP contribution is -2.34. The molecule has 1 aromatic carbocycles. The van der Waals surface area contributed by atoms with Crippen LogP contribution in [0.4, 0.5) is 4.39 Å². The van der Waals surface area contributed by atoms with Crippen LogP contribution >= 0.6 is 0 Å². The molecule has 3 heterocycles. The van der Waals surface area contributed by atoms with Gasteiger partial charge in [-0.2, -0.15) is 0 Å². The fourth-order valence-corrected chi connectivity index (χ4v) is 3.56. The number of aromatic amines is 1. The Morgan fingerprint density at radius 1 is 1.23 bits per heavy atom.